The second-order valence-electron chi connectivity index (χ2n) is 10.5. The maximum Gasteiger partial charge on any atom is 0.343 e. The molecule has 2 atom stereocenters. The van der Waals surface area contributed by atoms with Crippen LogP contribution in [0.2, 0.25) is 0 Å². The van der Waals surface area contributed by atoms with Gasteiger partial charge in [-0.05, 0) is 97.6 Å². The van der Waals surface area contributed by atoms with Gasteiger partial charge in [0.15, 0.2) is 0 Å². The Bertz CT molecular complexity index is 1560. The van der Waals surface area contributed by atoms with Crippen molar-refractivity contribution in [1.82, 2.24) is 0 Å². The predicted molar refractivity (Wildman–Crippen MR) is 153 cm³/mol. The van der Waals surface area contributed by atoms with Crippen molar-refractivity contribution < 1.29 is 28.2 Å². The van der Waals surface area contributed by atoms with Crippen LogP contribution >= 0.6 is 0 Å². The lowest BCUT2D eigenvalue weighted by Gasteiger charge is -2.47. The molecule has 0 spiro atoms. The monoisotopic (exact) mass is 553 g/mol. The number of nitrogens with zero attached hydrogens (tertiary/aromatic N) is 1. The first-order valence-electron chi connectivity index (χ1n) is 13.3. The number of amides is 1. The van der Waals surface area contributed by atoms with E-state index in [2.05, 4.69) is 0 Å². The molecule has 1 saturated heterocycles. The van der Waals surface area contributed by atoms with Crippen LogP contribution in [0.15, 0.2) is 109 Å². The van der Waals surface area contributed by atoms with E-state index in [4.69, 9.17) is 4.74 Å². The van der Waals surface area contributed by atoms with Crippen molar-refractivity contribution in [2.45, 2.75) is 31.9 Å². The Morgan fingerprint density at radius 3 is 2.02 bits per heavy atom. The molecule has 5 rings (SSSR count). The standard InChI is InChI=1S/C34H29F2NO4/c1-34(2,40)30(22-8-12-25(35)13-9-22)21-20-29-31(37(32(29)38)27-16-14-26(36)15-17-27)23-10-18-28(19-11-23)41-33(39)24-6-4-3-5-7-24/h3-19,21,29,31,40H,20H2,1-2H3/t29-,31-/m1/s1. The first kappa shape index (κ1) is 27.9. The normalized spacial score (nSPS) is 17.2. The van der Waals surface area contributed by atoms with E-state index >= 15 is 0 Å². The molecular weight excluding hydrogens is 524 g/mol. The molecule has 1 heterocycles. The lowest BCUT2D eigenvalue weighted by Crippen LogP contribution is -2.55. The molecule has 41 heavy (non-hydrogen) atoms. The number of carbonyl (C=O) groups is 2. The summed E-state index contributed by atoms with van der Waals surface area (Å²) in [6.45, 7) is 3.28. The van der Waals surface area contributed by atoms with Crippen molar-refractivity contribution in [3.8, 4) is 5.75 Å². The van der Waals surface area contributed by atoms with Crippen LogP contribution in [0, 0.1) is 17.6 Å². The first-order chi connectivity index (χ1) is 19.6. The number of carbonyl (C=O) groups excluding carboxylic acids is 2. The number of allylic oxidation sites excluding steroid dienone is 1. The van der Waals surface area contributed by atoms with Crippen LogP contribution in [-0.2, 0) is 4.79 Å². The third-order valence-corrected chi connectivity index (χ3v) is 7.15. The number of aliphatic hydroxyl groups is 1. The number of halogens is 2. The molecule has 0 aliphatic carbocycles. The zero-order chi connectivity index (χ0) is 29.1. The van der Waals surface area contributed by atoms with E-state index in [1.165, 1.54) is 24.3 Å². The van der Waals surface area contributed by atoms with Crippen LogP contribution in [0.5, 0.6) is 5.75 Å². The summed E-state index contributed by atoms with van der Waals surface area (Å²) >= 11 is 0. The minimum Gasteiger partial charge on any atom is -0.423 e. The fourth-order valence-electron chi connectivity index (χ4n) is 5.12. The summed E-state index contributed by atoms with van der Waals surface area (Å²) in [5.41, 5.74) is 1.79. The molecule has 0 aromatic heterocycles. The second kappa shape index (κ2) is 11.5. The number of β-lactam (4-membered cyclic amide) rings is 1. The molecule has 0 bridgehead atoms. The maximum atomic E-state index is 13.6. The number of hydrogen-bond donors (Lipinski definition) is 1. The zero-order valence-electron chi connectivity index (χ0n) is 22.6. The average molecular weight is 554 g/mol. The van der Waals surface area contributed by atoms with Crippen molar-refractivity contribution in [3.63, 3.8) is 0 Å². The van der Waals surface area contributed by atoms with Crippen molar-refractivity contribution in [2.24, 2.45) is 5.92 Å². The largest absolute Gasteiger partial charge is 0.423 e. The van der Waals surface area contributed by atoms with Gasteiger partial charge in [0.1, 0.15) is 17.4 Å². The Morgan fingerprint density at radius 1 is 0.854 bits per heavy atom. The van der Waals surface area contributed by atoms with Gasteiger partial charge in [0.25, 0.3) is 0 Å². The summed E-state index contributed by atoms with van der Waals surface area (Å²) in [6, 6.07) is 26.8. The summed E-state index contributed by atoms with van der Waals surface area (Å²) < 4.78 is 32.7. The highest BCUT2D eigenvalue weighted by Gasteiger charge is 2.48. The molecule has 1 amide bonds. The van der Waals surface area contributed by atoms with E-state index in [1.54, 1.807) is 91.5 Å². The van der Waals surface area contributed by atoms with E-state index in [0.29, 0.717) is 34.6 Å². The van der Waals surface area contributed by atoms with E-state index in [9.17, 15) is 23.5 Å². The fraction of sp³-hybridized carbons (Fsp3) is 0.176. The molecule has 1 N–H and O–H groups in total. The van der Waals surface area contributed by atoms with Crippen LogP contribution in [0.4, 0.5) is 14.5 Å². The van der Waals surface area contributed by atoms with Crippen LogP contribution in [-0.4, -0.2) is 22.6 Å². The topological polar surface area (TPSA) is 66.8 Å². The van der Waals surface area contributed by atoms with Gasteiger partial charge in [-0.2, -0.15) is 0 Å². The van der Waals surface area contributed by atoms with Crippen LogP contribution < -0.4 is 9.64 Å². The van der Waals surface area contributed by atoms with Gasteiger partial charge in [-0.3, -0.25) is 4.79 Å². The summed E-state index contributed by atoms with van der Waals surface area (Å²) in [4.78, 5) is 27.6. The van der Waals surface area contributed by atoms with Crippen molar-refractivity contribution in [3.05, 3.63) is 138 Å². The number of anilines is 1. The Kier molecular flexibility index (Phi) is 7.81. The van der Waals surface area contributed by atoms with Gasteiger partial charge in [0, 0.05) is 5.69 Å². The molecule has 0 unspecified atom stereocenters. The highest BCUT2D eigenvalue weighted by Crippen LogP contribution is 2.46. The van der Waals surface area contributed by atoms with Gasteiger partial charge in [0.2, 0.25) is 5.91 Å². The average Bonchev–Trinajstić information content (AvgIpc) is 2.96. The number of rotatable bonds is 8. The fourth-order valence-corrected chi connectivity index (χ4v) is 5.12. The molecule has 208 valence electrons. The molecule has 1 aliphatic rings. The lowest BCUT2D eigenvalue weighted by atomic mass is 9.78. The number of hydrogen-bond acceptors (Lipinski definition) is 4. The SMILES string of the molecule is CC(C)(O)C(=CC[C@H]1C(=O)N(c2ccc(F)cc2)[C@@H]1c1ccc(OC(=O)c2ccccc2)cc1)c1ccc(F)cc1. The van der Waals surface area contributed by atoms with Crippen molar-refractivity contribution in [1.29, 1.82) is 0 Å². The van der Waals surface area contributed by atoms with Crippen LogP contribution in [0.25, 0.3) is 5.57 Å². The molecule has 0 saturated carbocycles. The molecule has 4 aromatic carbocycles. The van der Waals surface area contributed by atoms with Gasteiger partial charge in [-0.25, -0.2) is 13.6 Å². The molecule has 0 radical (unpaired) electrons. The molecule has 7 heteroatoms. The third kappa shape index (κ3) is 6.10. The maximum absolute atomic E-state index is 13.6. The van der Waals surface area contributed by atoms with E-state index in [-0.39, 0.29) is 17.8 Å². The summed E-state index contributed by atoms with van der Waals surface area (Å²) in [5, 5.41) is 10.9. The van der Waals surface area contributed by atoms with E-state index in [0.717, 1.165) is 5.56 Å². The van der Waals surface area contributed by atoms with Crippen LogP contribution in [0.1, 0.15) is 47.8 Å². The Balaban J connectivity index is 1.43. The minimum absolute atomic E-state index is 0.147. The van der Waals surface area contributed by atoms with Crippen molar-refractivity contribution in [2.75, 3.05) is 4.90 Å². The summed E-state index contributed by atoms with van der Waals surface area (Å²) in [5.74, 6) is -1.53. The smallest absolute Gasteiger partial charge is 0.343 e. The lowest BCUT2D eigenvalue weighted by molar-refractivity contribution is -0.130. The highest BCUT2D eigenvalue weighted by atomic mass is 19.1. The number of benzene rings is 4. The minimum atomic E-state index is -1.24. The molecule has 1 aliphatic heterocycles. The molecule has 4 aromatic rings. The summed E-state index contributed by atoms with van der Waals surface area (Å²) in [6.07, 6.45) is 2.13. The quantitative estimate of drug-likeness (QED) is 0.143. The van der Waals surface area contributed by atoms with Crippen LogP contribution in [0.3, 0.4) is 0 Å². The van der Waals surface area contributed by atoms with E-state index in [1.807, 2.05) is 12.1 Å². The number of esters is 1. The third-order valence-electron chi connectivity index (χ3n) is 7.15. The first-order valence-corrected chi connectivity index (χ1v) is 13.3. The van der Waals surface area contributed by atoms with Crippen molar-refractivity contribution >= 4 is 23.1 Å². The summed E-state index contributed by atoms with van der Waals surface area (Å²) in [7, 11) is 0. The van der Waals surface area contributed by atoms with E-state index < -0.39 is 23.3 Å². The predicted octanol–water partition coefficient (Wildman–Crippen LogP) is 7.13. The second-order valence-corrected chi connectivity index (χ2v) is 10.5. The number of ether oxygens (including phenoxy) is 1. The van der Waals surface area contributed by atoms with Gasteiger partial charge in [0.05, 0.1) is 23.1 Å². The Morgan fingerprint density at radius 2 is 1.44 bits per heavy atom. The highest BCUT2D eigenvalue weighted by molar-refractivity contribution is 6.03. The zero-order valence-corrected chi connectivity index (χ0v) is 22.6. The molecular formula is C34H29F2NO4. The Hall–Kier alpha value is -4.62. The van der Waals surface area contributed by atoms with Gasteiger partial charge >= 0.3 is 5.97 Å². The van der Waals surface area contributed by atoms with Gasteiger partial charge < -0.3 is 14.7 Å². The van der Waals surface area contributed by atoms with Gasteiger partial charge in [-0.15, -0.1) is 0 Å². The molecule has 1 fully saturated rings. The molecule has 5 nitrogen and oxygen atoms in total. The van der Waals surface area contributed by atoms with Gasteiger partial charge in [-0.1, -0.05) is 48.5 Å². The Labute approximate surface area is 237 Å².